The first-order valence-electron chi connectivity index (χ1n) is 5.30. The summed E-state index contributed by atoms with van der Waals surface area (Å²) in [7, 11) is 0. The number of amides is 1. The first kappa shape index (κ1) is 15.0. The molecule has 0 aliphatic heterocycles. The Labute approximate surface area is 113 Å². The summed E-state index contributed by atoms with van der Waals surface area (Å²) in [4.78, 5) is 32.5. The zero-order valence-corrected chi connectivity index (χ0v) is 10.8. The van der Waals surface area contributed by atoms with E-state index in [0.29, 0.717) is 4.90 Å². The van der Waals surface area contributed by atoms with Gasteiger partial charge in [0.1, 0.15) is 6.54 Å². The molecule has 0 aromatic heterocycles. The van der Waals surface area contributed by atoms with Crippen LogP contribution in [0.5, 0.6) is 0 Å². The number of carbonyl (C=O) groups excluding carboxylic acids is 1. The number of rotatable bonds is 6. The Bertz CT molecular complexity index is 488. The molecule has 1 unspecified atom stereocenters. The summed E-state index contributed by atoms with van der Waals surface area (Å²) in [5, 5.41) is 20.7. The fourth-order valence-corrected chi connectivity index (χ4v) is 2.10. The Kier molecular flexibility index (Phi) is 5.31. The highest BCUT2D eigenvalue weighted by atomic mass is 32.2. The van der Waals surface area contributed by atoms with Gasteiger partial charge in [0.2, 0.25) is 5.91 Å². The number of non-ortho nitro benzene ring substituents is 1. The van der Waals surface area contributed by atoms with Crippen molar-refractivity contribution >= 4 is 29.3 Å². The normalized spacial score (nSPS) is 11.6. The van der Waals surface area contributed by atoms with E-state index >= 15 is 0 Å². The van der Waals surface area contributed by atoms with Crippen molar-refractivity contribution in [3.05, 3.63) is 34.4 Å². The Hall–Kier alpha value is -2.09. The molecule has 0 saturated heterocycles. The van der Waals surface area contributed by atoms with E-state index in [-0.39, 0.29) is 5.69 Å². The number of hydrogen-bond donors (Lipinski definition) is 2. The second-order valence-electron chi connectivity index (χ2n) is 3.62. The van der Waals surface area contributed by atoms with Gasteiger partial charge in [-0.1, -0.05) is 0 Å². The van der Waals surface area contributed by atoms with Gasteiger partial charge >= 0.3 is 5.97 Å². The molecule has 8 heteroatoms. The first-order chi connectivity index (χ1) is 8.90. The van der Waals surface area contributed by atoms with Gasteiger partial charge in [-0.2, -0.15) is 0 Å². The smallest absolute Gasteiger partial charge is 0.322 e. The maximum atomic E-state index is 11.5. The number of carbonyl (C=O) groups is 2. The molecule has 7 nitrogen and oxygen atoms in total. The number of nitrogens with one attached hydrogen (secondary N) is 1. The van der Waals surface area contributed by atoms with Gasteiger partial charge in [0.25, 0.3) is 5.69 Å². The lowest BCUT2D eigenvalue weighted by atomic mass is 10.3. The molecule has 0 bridgehead atoms. The quantitative estimate of drug-likeness (QED) is 0.462. The molecule has 0 spiro atoms. The van der Waals surface area contributed by atoms with E-state index in [1.165, 1.54) is 23.9 Å². The first-order valence-corrected chi connectivity index (χ1v) is 6.18. The van der Waals surface area contributed by atoms with Crippen LogP contribution in [-0.4, -0.2) is 33.7 Å². The van der Waals surface area contributed by atoms with Crippen LogP contribution in [-0.2, 0) is 9.59 Å². The van der Waals surface area contributed by atoms with Crippen LogP contribution in [0.4, 0.5) is 5.69 Å². The topological polar surface area (TPSA) is 110 Å². The van der Waals surface area contributed by atoms with Gasteiger partial charge in [0.15, 0.2) is 0 Å². The van der Waals surface area contributed by atoms with Crippen molar-refractivity contribution in [3.63, 3.8) is 0 Å². The van der Waals surface area contributed by atoms with Crippen molar-refractivity contribution in [2.45, 2.75) is 17.1 Å². The minimum absolute atomic E-state index is 0.0210. The van der Waals surface area contributed by atoms with Crippen LogP contribution in [0, 0.1) is 10.1 Å². The van der Waals surface area contributed by atoms with E-state index in [4.69, 9.17) is 5.11 Å². The van der Waals surface area contributed by atoms with Crippen LogP contribution < -0.4 is 5.32 Å². The summed E-state index contributed by atoms with van der Waals surface area (Å²) in [5.74, 6) is -1.51. The van der Waals surface area contributed by atoms with Crippen LogP contribution in [0.3, 0.4) is 0 Å². The summed E-state index contributed by atoms with van der Waals surface area (Å²) in [6.07, 6.45) is 0. The van der Waals surface area contributed by atoms with Crippen molar-refractivity contribution in [3.8, 4) is 0 Å². The van der Waals surface area contributed by atoms with Crippen LogP contribution >= 0.6 is 11.8 Å². The third-order valence-electron chi connectivity index (χ3n) is 2.14. The largest absolute Gasteiger partial charge is 0.480 e. The molecule has 0 radical (unpaired) electrons. The molecular weight excluding hydrogens is 272 g/mol. The summed E-state index contributed by atoms with van der Waals surface area (Å²) in [6.45, 7) is 1.20. The van der Waals surface area contributed by atoms with Crippen LogP contribution in [0.2, 0.25) is 0 Å². The van der Waals surface area contributed by atoms with E-state index in [1.54, 1.807) is 19.1 Å². The fourth-order valence-electron chi connectivity index (χ4n) is 1.21. The van der Waals surface area contributed by atoms with Gasteiger partial charge in [-0.05, 0) is 19.1 Å². The number of thioether (sulfide) groups is 1. The average molecular weight is 284 g/mol. The molecule has 0 aliphatic rings. The molecular formula is C11H12N2O5S. The molecule has 1 atom stereocenters. The Morgan fingerprint density at radius 3 is 2.47 bits per heavy atom. The predicted molar refractivity (Wildman–Crippen MR) is 69.1 cm³/mol. The number of nitro benzene ring substituents is 1. The van der Waals surface area contributed by atoms with E-state index in [1.807, 2.05) is 0 Å². The summed E-state index contributed by atoms with van der Waals surface area (Å²) in [5.41, 5.74) is -0.0210. The molecule has 1 amide bonds. The fraction of sp³-hybridized carbons (Fsp3) is 0.273. The summed E-state index contributed by atoms with van der Waals surface area (Å²) >= 11 is 1.20. The standard InChI is InChI=1S/C11H12N2O5S/c1-7(11(16)12-6-10(14)15)19-9-4-2-8(3-5-9)13(17)18/h2-5,7H,6H2,1H3,(H,12,16)(H,14,15). The van der Waals surface area contributed by atoms with Crippen molar-refractivity contribution < 1.29 is 19.6 Å². The van der Waals surface area contributed by atoms with Crippen LogP contribution in [0.1, 0.15) is 6.92 Å². The van der Waals surface area contributed by atoms with Crippen molar-refractivity contribution in [2.24, 2.45) is 0 Å². The molecule has 0 aliphatic carbocycles. The number of hydrogen-bond acceptors (Lipinski definition) is 5. The highest BCUT2D eigenvalue weighted by molar-refractivity contribution is 8.00. The van der Waals surface area contributed by atoms with Gasteiger partial charge in [-0.25, -0.2) is 0 Å². The van der Waals surface area contributed by atoms with Crippen LogP contribution in [0.25, 0.3) is 0 Å². The SMILES string of the molecule is CC(Sc1ccc([N+](=O)[O-])cc1)C(=O)NCC(=O)O. The summed E-state index contributed by atoms with van der Waals surface area (Å²) in [6, 6.07) is 5.79. The lowest BCUT2D eigenvalue weighted by Gasteiger charge is -2.10. The van der Waals surface area contributed by atoms with Crippen molar-refractivity contribution in [1.82, 2.24) is 5.32 Å². The minimum Gasteiger partial charge on any atom is -0.480 e. The lowest BCUT2D eigenvalue weighted by Crippen LogP contribution is -2.34. The van der Waals surface area contributed by atoms with Gasteiger partial charge < -0.3 is 10.4 Å². The second kappa shape index (κ2) is 6.74. The molecule has 102 valence electrons. The molecule has 2 N–H and O–H groups in total. The number of carboxylic acids is 1. The lowest BCUT2D eigenvalue weighted by molar-refractivity contribution is -0.384. The van der Waals surface area contributed by atoms with Gasteiger partial charge in [0, 0.05) is 17.0 Å². The van der Waals surface area contributed by atoms with Crippen molar-refractivity contribution in [1.29, 1.82) is 0 Å². The number of nitrogens with zero attached hydrogens (tertiary/aromatic N) is 1. The van der Waals surface area contributed by atoms with Gasteiger partial charge in [-0.15, -0.1) is 11.8 Å². The monoisotopic (exact) mass is 284 g/mol. The summed E-state index contributed by atoms with van der Waals surface area (Å²) < 4.78 is 0. The third-order valence-corrected chi connectivity index (χ3v) is 3.26. The second-order valence-corrected chi connectivity index (χ2v) is 5.04. The number of carboxylic acid groups (broad SMARTS) is 1. The molecule has 0 heterocycles. The Balaban J connectivity index is 2.56. The maximum Gasteiger partial charge on any atom is 0.322 e. The van der Waals surface area contributed by atoms with Crippen molar-refractivity contribution in [2.75, 3.05) is 6.54 Å². The van der Waals surface area contributed by atoms with E-state index in [9.17, 15) is 19.7 Å². The molecule has 1 aromatic carbocycles. The van der Waals surface area contributed by atoms with E-state index < -0.39 is 28.6 Å². The van der Waals surface area contributed by atoms with Crippen LogP contribution in [0.15, 0.2) is 29.2 Å². The molecule has 0 saturated carbocycles. The van der Waals surface area contributed by atoms with Gasteiger partial charge in [-0.3, -0.25) is 19.7 Å². The van der Waals surface area contributed by atoms with E-state index in [0.717, 1.165) is 0 Å². The minimum atomic E-state index is -1.11. The highest BCUT2D eigenvalue weighted by Gasteiger charge is 2.15. The zero-order chi connectivity index (χ0) is 14.4. The number of nitro groups is 1. The molecule has 19 heavy (non-hydrogen) atoms. The van der Waals surface area contributed by atoms with Gasteiger partial charge in [0.05, 0.1) is 10.2 Å². The third kappa shape index (κ3) is 4.96. The van der Waals surface area contributed by atoms with E-state index in [2.05, 4.69) is 5.32 Å². The molecule has 1 rings (SSSR count). The Morgan fingerprint density at radius 1 is 1.42 bits per heavy atom. The highest BCUT2D eigenvalue weighted by Crippen LogP contribution is 2.25. The maximum absolute atomic E-state index is 11.5. The number of benzene rings is 1. The number of aliphatic carboxylic acids is 1. The molecule has 0 fully saturated rings. The average Bonchev–Trinajstić information content (AvgIpc) is 2.36. The zero-order valence-electron chi connectivity index (χ0n) is 10.0. The molecule has 1 aromatic rings. The predicted octanol–water partition coefficient (Wildman–Crippen LogP) is 1.28. The Morgan fingerprint density at radius 2 is 2.00 bits per heavy atom.